The number of amides is 1. The van der Waals surface area contributed by atoms with Gasteiger partial charge in [0.2, 0.25) is 0 Å². The van der Waals surface area contributed by atoms with Crippen LogP contribution in [-0.2, 0) is 25.7 Å². The van der Waals surface area contributed by atoms with Crippen molar-refractivity contribution >= 4 is 23.5 Å². The van der Waals surface area contributed by atoms with Crippen molar-refractivity contribution in [2.24, 2.45) is 0 Å². The summed E-state index contributed by atoms with van der Waals surface area (Å²) in [5.41, 5.74) is 1.51. The van der Waals surface area contributed by atoms with Crippen molar-refractivity contribution in [3.05, 3.63) is 65.0 Å². The number of likely N-dealkylation sites (tertiary alicyclic amines) is 1. The summed E-state index contributed by atoms with van der Waals surface area (Å²) < 4.78 is 24.6. The quantitative estimate of drug-likeness (QED) is 0.399. The number of nitrogens with zero attached hydrogens (tertiary/aromatic N) is 1. The Hall–Kier alpha value is -3.26. The van der Waals surface area contributed by atoms with E-state index in [2.05, 4.69) is 5.32 Å². The number of aryl methyl sites for hydroxylation is 1. The predicted molar refractivity (Wildman–Crippen MR) is 130 cm³/mol. The Morgan fingerprint density at radius 2 is 1.80 bits per heavy atom. The molecule has 0 bridgehead atoms. The van der Waals surface area contributed by atoms with Crippen molar-refractivity contribution in [3.8, 4) is 0 Å². The van der Waals surface area contributed by atoms with Crippen molar-refractivity contribution in [2.45, 2.75) is 52.2 Å². The molecule has 0 saturated carbocycles. The third-order valence-corrected chi connectivity index (χ3v) is 6.62. The molecule has 35 heavy (non-hydrogen) atoms. The number of carbonyl (C=O) groups excluding carboxylic acids is 3. The molecule has 1 aliphatic heterocycles. The molecular weight excluding hydrogens is 451 g/mol. The number of carbonyl (C=O) groups is 3. The lowest BCUT2D eigenvalue weighted by Gasteiger charge is -2.40. The number of quaternary nitrogens is 1. The average molecular weight is 486 g/mol. The second-order valence-corrected chi connectivity index (χ2v) is 9.11. The Kier molecular flexibility index (Phi) is 8.98. The van der Waals surface area contributed by atoms with E-state index in [0.717, 1.165) is 30.9 Å². The van der Waals surface area contributed by atoms with Gasteiger partial charge in [0.25, 0.3) is 5.91 Å². The van der Waals surface area contributed by atoms with Crippen LogP contribution in [0.5, 0.6) is 0 Å². The first-order valence-electron chi connectivity index (χ1n) is 12.0. The maximum Gasteiger partial charge on any atom is 0.362 e. The number of hydrogen-bond acceptors (Lipinski definition) is 5. The number of ether oxygens (including phenoxy) is 2. The molecule has 188 valence electrons. The molecule has 8 heteroatoms. The molecule has 1 amide bonds. The van der Waals surface area contributed by atoms with Gasteiger partial charge in [-0.15, -0.1) is 0 Å². The number of hydrogen-bond donors (Lipinski definition) is 1. The first-order valence-corrected chi connectivity index (χ1v) is 12.0. The monoisotopic (exact) mass is 485 g/mol. The SMILES string of the molecule is CCCC(C(=O)Nc1c(C)cc(F)cc1C(=O)OC)[N+]1(CC(=O)OCc2ccccc2)CCCC1. The van der Waals surface area contributed by atoms with E-state index in [1.165, 1.54) is 13.2 Å². The van der Waals surface area contributed by atoms with Gasteiger partial charge >= 0.3 is 11.9 Å². The molecule has 1 atom stereocenters. The standard InChI is InChI=1S/C27H33FN2O5/c1-4-10-23(26(32)29-25-19(2)15-21(28)16-22(25)27(33)34-3)30(13-8-9-14-30)17-24(31)35-18-20-11-6-5-7-12-20/h5-7,11-12,15-16,23H,4,8-10,13-14,17-18H2,1-3H3/p+1. The number of anilines is 1. The fourth-order valence-electron chi connectivity index (χ4n) is 4.90. The summed E-state index contributed by atoms with van der Waals surface area (Å²) in [7, 11) is 1.21. The Bertz CT molecular complexity index is 1050. The highest BCUT2D eigenvalue weighted by atomic mass is 19.1. The van der Waals surface area contributed by atoms with E-state index < -0.39 is 17.8 Å². The summed E-state index contributed by atoms with van der Waals surface area (Å²) in [5, 5.41) is 2.86. The minimum Gasteiger partial charge on any atom is -0.465 e. The van der Waals surface area contributed by atoms with Crippen molar-refractivity contribution in [3.63, 3.8) is 0 Å². The van der Waals surface area contributed by atoms with Gasteiger partial charge in [-0.3, -0.25) is 4.79 Å². The Labute approximate surface area is 205 Å². The van der Waals surface area contributed by atoms with Crippen LogP contribution in [0.1, 0.15) is 54.1 Å². The second kappa shape index (κ2) is 11.9. The van der Waals surface area contributed by atoms with Crippen LogP contribution in [0.15, 0.2) is 42.5 Å². The highest BCUT2D eigenvalue weighted by molar-refractivity contribution is 6.03. The van der Waals surface area contributed by atoms with E-state index in [9.17, 15) is 18.8 Å². The van der Waals surface area contributed by atoms with Crippen LogP contribution in [0.25, 0.3) is 0 Å². The highest BCUT2D eigenvalue weighted by Gasteiger charge is 2.45. The maximum atomic E-state index is 14.0. The summed E-state index contributed by atoms with van der Waals surface area (Å²) >= 11 is 0. The molecule has 0 spiro atoms. The number of rotatable bonds is 10. The largest absolute Gasteiger partial charge is 0.465 e. The smallest absolute Gasteiger partial charge is 0.362 e. The average Bonchev–Trinajstić information content (AvgIpc) is 3.31. The first kappa shape index (κ1) is 26.3. The van der Waals surface area contributed by atoms with Gasteiger partial charge in [-0.25, -0.2) is 14.0 Å². The molecular formula is C27H34FN2O5+. The van der Waals surface area contributed by atoms with Gasteiger partial charge in [-0.2, -0.15) is 0 Å². The van der Waals surface area contributed by atoms with E-state index in [0.29, 0.717) is 29.6 Å². The molecule has 0 aromatic heterocycles. The molecule has 1 saturated heterocycles. The van der Waals surface area contributed by atoms with Gasteiger partial charge in [0.15, 0.2) is 12.6 Å². The Morgan fingerprint density at radius 1 is 1.11 bits per heavy atom. The van der Waals surface area contributed by atoms with Crippen LogP contribution >= 0.6 is 0 Å². The van der Waals surface area contributed by atoms with Crippen molar-refractivity contribution < 1.29 is 32.7 Å². The number of halogens is 1. The van der Waals surface area contributed by atoms with Crippen molar-refractivity contribution in [2.75, 3.05) is 32.1 Å². The minimum absolute atomic E-state index is 0.0381. The molecule has 7 nitrogen and oxygen atoms in total. The van der Waals surface area contributed by atoms with Gasteiger partial charge in [0.05, 0.1) is 31.5 Å². The molecule has 1 N–H and O–H groups in total. The molecule has 1 fully saturated rings. The molecule has 3 rings (SSSR count). The summed E-state index contributed by atoms with van der Waals surface area (Å²) in [6, 6.07) is 11.3. The van der Waals surface area contributed by atoms with Crippen LogP contribution in [0, 0.1) is 12.7 Å². The van der Waals surface area contributed by atoms with E-state index in [1.807, 2.05) is 37.3 Å². The minimum atomic E-state index is -0.732. The van der Waals surface area contributed by atoms with Crippen LogP contribution in [0.3, 0.4) is 0 Å². The van der Waals surface area contributed by atoms with E-state index in [4.69, 9.17) is 9.47 Å². The van der Waals surface area contributed by atoms with E-state index in [-0.39, 0.29) is 36.3 Å². The number of benzene rings is 2. The van der Waals surface area contributed by atoms with Gasteiger partial charge < -0.3 is 19.3 Å². The molecule has 1 heterocycles. The van der Waals surface area contributed by atoms with Crippen molar-refractivity contribution in [1.82, 2.24) is 0 Å². The Morgan fingerprint density at radius 3 is 2.43 bits per heavy atom. The molecule has 0 radical (unpaired) electrons. The third-order valence-electron chi connectivity index (χ3n) is 6.62. The van der Waals surface area contributed by atoms with Gasteiger partial charge in [-0.1, -0.05) is 37.3 Å². The first-order chi connectivity index (χ1) is 16.8. The zero-order chi connectivity index (χ0) is 25.4. The van der Waals surface area contributed by atoms with E-state index >= 15 is 0 Å². The summed E-state index contributed by atoms with van der Waals surface area (Å²) in [4.78, 5) is 38.8. The highest BCUT2D eigenvalue weighted by Crippen LogP contribution is 2.30. The van der Waals surface area contributed by atoms with Crippen molar-refractivity contribution in [1.29, 1.82) is 0 Å². The zero-order valence-electron chi connectivity index (χ0n) is 20.6. The number of nitrogens with one attached hydrogen (secondary N) is 1. The molecule has 2 aromatic rings. The normalized spacial score (nSPS) is 15.3. The zero-order valence-corrected chi connectivity index (χ0v) is 20.6. The molecule has 1 aliphatic rings. The lowest BCUT2D eigenvalue weighted by molar-refractivity contribution is -0.925. The maximum absolute atomic E-state index is 14.0. The Balaban J connectivity index is 1.82. The predicted octanol–water partition coefficient (Wildman–Crippen LogP) is 4.38. The fraction of sp³-hybridized carbons (Fsp3) is 0.444. The molecule has 2 aromatic carbocycles. The number of methoxy groups -OCH3 is 1. The molecule has 1 unspecified atom stereocenters. The third kappa shape index (κ3) is 6.45. The van der Waals surface area contributed by atoms with Crippen LogP contribution in [0.4, 0.5) is 10.1 Å². The topological polar surface area (TPSA) is 81.7 Å². The second-order valence-electron chi connectivity index (χ2n) is 9.11. The summed E-state index contributed by atoms with van der Waals surface area (Å²) in [6.45, 7) is 5.26. The van der Waals surface area contributed by atoms with Gasteiger partial charge in [-0.05, 0) is 36.6 Å². The lowest BCUT2D eigenvalue weighted by atomic mass is 10.0. The summed E-state index contributed by atoms with van der Waals surface area (Å²) in [5.74, 6) is -1.97. The van der Waals surface area contributed by atoms with Crippen LogP contribution < -0.4 is 5.32 Å². The van der Waals surface area contributed by atoms with E-state index in [1.54, 1.807) is 6.92 Å². The number of esters is 2. The van der Waals surface area contributed by atoms with Crippen LogP contribution in [-0.4, -0.2) is 55.1 Å². The molecule has 0 aliphatic carbocycles. The van der Waals surface area contributed by atoms with Gasteiger partial charge in [0.1, 0.15) is 12.4 Å². The van der Waals surface area contributed by atoms with Gasteiger partial charge in [0, 0.05) is 19.3 Å². The van der Waals surface area contributed by atoms with Crippen LogP contribution in [0.2, 0.25) is 0 Å². The fourth-order valence-corrected chi connectivity index (χ4v) is 4.90. The summed E-state index contributed by atoms with van der Waals surface area (Å²) in [6.07, 6.45) is 3.11. The lowest BCUT2D eigenvalue weighted by Crippen LogP contribution is -2.60.